The monoisotopic (exact) mass is 341 g/mol. The van der Waals surface area contributed by atoms with E-state index >= 15 is 0 Å². The molecule has 0 aromatic heterocycles. The summed E-state index contributed by atoms with van der Waals surface area (Å²) in [5, 5.41) is 14.7. The summed E-state index contributed by atoms with van der Waals surface area (Å²) < 4.78 is 0. The molecule has 134 valence electrons. The molecule has 0 aliphatic rings. The maximum Gasteiger partial charge on any atom is 0.261 e. The molecule has 0 fully saturated rings. The zero-order chi connectivity index (χ0) is 18.5. The van der Waals surface area contributed by atoms with E-state index in [4.69, 9.17) is 0 Å². The SMILES string of the molecule is CCCCCCCCNC(=O)/C(C#N)=C\c1ccc(NC(C)=O)cc1. The van der Waals surface area contributed by atoms with E-state index in [0.717, 1.165) is 18.4 Å². The topological polar surface area (TPSA) is 82.0 Å². The molecule has 5 nitrogen and oxygen atoms in total. The number of hydrogen-bond acceptors (Lipinski definition) is 3. The van der Waals surface area contributed by atoms with Gasteiger partial charge in [-0.05, 0) is 30.2 Å². The van der Waals surface area contributed by atoms with Crippen molar-refractivity contribution in [3.05, 3.63) is 35.4 Å². The number of nitrogens with zero attached hydrogens (tertiary/aromatic N) is 1. The molecule has 0 aliphatic heterocycles. The van der Waals surface area contributed by atoms with E-state index in [-0.39, 0.29) is 17.4 Å². The highest BCUT2D eigenvalue weighted by atomic mass is 16.2. The van der Waals surface area contributed by atoms with Gasteiger partial charge in [0.05, 0.1) is 0 Å². The molecule has 1 rings (SSSR count). The molecule has 0 atom stereocenters. The van der Waals surface area contributed by atoms with Crippen molar-refractivity contribution in [2.45, 2.75) is 52.4 Å². The van der Waals surface area contributed by atoms with Gasteiger partial charge >= 0.3 is 0 Å². The van der Waals surface area contributed by atoms with Crippen LogP contribution >= 0.6 is 0 Å². The first-order valence-electron chi connectivity index (χ1n) is 8.84. The standard InChI is InChI=1S/C20H27N3O2/c1-3-4-5-6-7-8-13-22-20(25)18(15-21)14-17-9-11-19(12-10-17)23-16(2)24/h9-12,14H,3-8,13H2,1-2H3,(H,22,25)(H,23,24)/b18-14-. The van der Waals surface area contributed by atoms with Gasteiger partial charge in [0, 0.05) is 19.2 Å². The van der Waals surface area contributed by atoms with Gasteiger partial charge in [-0.2, -0.15) is 5.26 Å². The third-order valence-corrected chi connectivity index (χ3v) is 3.72. The Hall–Kier alpha value is -2.61. The molecule has 1 aromatic rings. The Balaban J connectivity index is 2.48. The van der Waals surface area contributed by atoms with Crippen molar-refractivity contribution in [1.29, 1.82) is 5.26 Å². The Morgan fingerprint density at radius 2 is 1.72 bits per heavy atom. The van der Waals surface area contributed by atoms with Gasteiger partial charge < -0.3 is 10.6 Å². The fraction of sp³-hybridized carbons (Fsp3) is 0.450. The molecule has 0 bridgehead atoms. The zero-order valence-corrected chi connectivity index (χ0v) is 15.1. The molecule has 0 saturated heterocycles. The average molecular weight is 341 g/mol. The molecular formula is C20H27N3O2. The summed E-state index contributed by atoms with van der Waals surface area (Å²) in [6.07, 6.45) is 8.48. The lowest BCUT2D eigenvalue weighted by molar-refractivity contribution is -0.117. The molecule has 0 aliphatic carbocycles. The minimum atomic E-state index is -0.345. The quantitative estimate of drug-likeness (QED) is 0.383. The highest BCUT2D eigenvalue weighted by Crippen LogP contribution is 2.12. The van der Waals surface area contributed by atoms with E-state index in [1.54, 1.807) is 30.3 Å². The number of benzene rings is 1. The van der Waals surface area contributed by atoms with E-state index in [1.165, 1.54) is 32.6 Å². The van der Waals surface area contributed by atoms with E-state index in [9.17, 15) is 14.9 Å². The lowest BCUT2D eigenvalue weighted by atomic mass is 10.1. The Bertz CT molecular complexity index is 627. The number of carbonyl (C=O) groups excluding carboxylic acids is 2. The lowest BCUT2D eigenvalue weighted by Crippen LogP contribution is -2.25. The second kappa shape index (κ2) is 11.9. The number of anilines is 1. The number of rotatable bonds is 10. The summed E-state index contributed by atoms with van der Waals surface area (Å²) in [5.41, 5.74) is 1.49. The van der Waals surface area contributed by atoms with Crippen LogP contribution in [0.25, 0.3) is 6.08 Å². The Morgan fingerprint density at radius 3 is 2.32 bits per heavy atom. The van der Waals surface area contributed by atoms with E-state index in [0.29, 0.717) is 12.2 Å². The molecular weight excluding hydrogens is 314 g/mol. The molecule has 0 unspecified atom stereocenters. The second-order valence-electron chi connectivity index (χ2n) is 6.00. The minimum Gasteiger partial charge on any atom is -0.351 e. The average Bonchev–Trinajstić information content (AvgIpc) is 2.59. The number of hydrogen-bond donors (Lipinski definition) is 2. The minimum absolute atomic E-state index is 0.0817. The third kappa shape index (κ3) is 8.71. The van der Waals surface area contributed by atoms with Crippen LogP contribution in [0.4, 0.5) is 5.69 Å². The summed E-state index contributed by atoms with van der Waals surface area (Å²) in [5.74, 6) is -0.489. The normalized spacial score (nSPS) is 10.8. The zero-order valence-electron chi connectivity index (χ0n) is 15.1. The molecule has 0 saturated carbocycles. The highest BCUT2D eigenvalue weighted by molar-refractivity contribution is 6.01. The van der Waals surface area contributed by atoms with E-state index in [2.05, 4.69) is 17.6 Å². The molecule has 0 heterocycles. The Labute approximate surface area is 150 Å². The van der Waals surface area contributed by atoms with Crippen LogP contribution in [-0.2, 0) is 9.59 Å². The second-order valence-corrected chi connectivity index (χ2v) is 6.00. The van der Waals surface area contributed by atoms with Gasteiger partial charge in [0.25, 0.3) is 5.91 Å². The molecule has 0 radical (unpaired) electrons. The van der Waals surface area contributed by atoms with Gasteiger partial charge in [-0.15, -0.1) is 0 Å². The van der Waals surface area contributed by atoms with Crippen molar-refractivity contribution < 1.29 is 9.59 Å². The molecule has 25 heavy (non-hydrogen) atoms. The first-order chi connectivity index (χ1) is 12.1. The summed E-state index contributed by atoms with van der Waals surface area (Å²) in [4.78, 5) is 23.1. The summed E-state index contributed by atoms with van der Waals surface area (Å²) in [6, 6.07) is 8.92. The Kier molecular flexibility index (Phi) is 9.69. The van der Waals surface area contributed by atoms with Crippen molar-refractivity contribution in [2.75, 3.05) is 11.9 Å². The van der Waals surface area contributed by atoms with Gasteiger partial charge in [0.1, 0.15) is 11.6 Å². The van der Waals surface area contributed by atoms with Gasteiger partial charge in [0.15, 0.2) is 0 Å². The van der Waals surface area contributed by atoms with Crippen molar-refractivity contribution in [1.82, 2.24) is 5.32 Å². The number of amides is 2. The first-order valence-corrected chi connectivity index (χ1v) is 8.84. The van der Waals surface area contributed by atoms with Crippen molar-refractivity contribution in [3.8, 4) is 6.07 Å². The summed E-state index contributed by atoms with van der Waals surface area (Å²) >= 11 is 0. The van der Waals surface area contributed by atoms with Crippen LogP contribution in [0.15, 0.2) is 29.8 Å². The number of carbonyl (C=O) groups is 2. The maximum atomic E-state index is 12.1. The predicted octanol–water partition coefficient (Wildman–Crippen LogP) is 4.03. The van der Waals surface area contributed by atoms with Crippen LogP contribution in [0.5, 0.6) is 0 Å². The highest BCUT2D eigenvalue weighted by Gasteiger charge is 2.08. The number of nitrogens with one attached hydrogen (secondary N) is 2. The fourth-order valence-corrected chi connectivity index (χ4v) is 2.38. The van der Waals surface area contributed by atoms with Crippen LogP contribution < -0.4 is 10.6 Å². The summed E-state index contributed by atoms with van der Waals surface area (Å²) in [7, 11) is 0. The van der Waals surface area contributed by atoms with Crippen molar-refractivity contribution >= 4 is 23.6 Å². The summed E-state index contributed by atoms with van der Waals surface area (Å²) in [6.45, 7) is 4.21. The third-order valence-electron chi connectivity index (χ3n) is 3.72. The predicted molar refractivity (Wildman–Crippen MR) is 101 cm³/mol. The maximum absolute atomic E-state index is 12.1. The lowest BCUT2D eigenvalue weighted by Gasteiger charge is -2.05. The number of unbranched alkanes of at least 4 members (excludes halogenated alkanes) is 5. The first kappa shape index (κ1) is 20.4. The largest absolute Gasteiger partial charge is 0.351 e. The van der Waals surface area contributed by atoms with Crippen LogP contribution in [-0.4, -0.2) is 18.4 Å². The van der Waals surface area contributed by atoms with E-state index < -0.39 is 0 Å². The Morgan fingerprint density at radius 1 is 1.08 bits per heavy atom. The van der Waals surface area contributed by atoms with Gasteiger partial charge in [-0.3, -0.25) is 9.59 Å². The molecule has 5 heteroatoms. The molecule has 2 amide bonds. The molecule has 2 N–H and O–H groups in total. The smallest absolute Gasteiger partial charge is 0.261 e. The van der Waals surface area contributed by atoms with Crippen molar-refractivity contribution in [3.63, 3.8) is 0 Å². The van der Waals surface area contributed by atoms with Crippen LogP contribution in [0.3, 0.4) is 0 Å². The molecule has 0 spiro atoms. The van der Waals surface area contributed by atoms with E-state index in [1.807, 2.05) is 6.07 Å². The number of nitriles is 1. The fourth-order valence-electron chi connectivity index (χ4n) is 2.38. The van der Waals surface area contributed by atoms with Gasteiger partial charge in [0.2, 0.25) is 5.91 Å². The van der Waals surface area contributed by atoms with Gasteiger partial charge in [-0.1, -0.05) is 51.2 Å². The van der Waals surface area contributed by atoms with Crippen LogP contribution in [0.1, 0.15) is 57.9 Å². The van der Waals surface area contributed by atoms with Crippen molar-refractivity contribution in [2.24, 2.45) is 0 Å². The van der Waals surface area contributed by atoms with Crippen LogP contribution in [0.2, 0.25) is 0 Å². The van der Waals surface area contributed by atoms with Gasteiger partial charge in [-0.25, -0.2) is 0 Å². The van der Waals surface area contributed by atoms with Crippen LogP contribution in [0, 0.1) is 11.3 Å². The molecule has 1 aromatic carbocycles.